The van der Waals surface area contributed by atoms with Crippen LogP contribution in [0.25, 0.3) is 0 Å². The van der Waals surface area contributed by atoms with E-state index in [0.29, 0.717) is 11.1 Å². The molecule has 520 valence electrons. The third kappa shape index (κ3) is 20.1. The summed E-state index contributed by atoms with van der Waals surface area (Å²) in [6, 6.07) is 36.9. The van der Waals surface area contributed by atoms with E-state index in [2.05, 4.69) is 0 Å². The SMILES string of the molecule is CC(=O)OC[C@H]1O[C@@H](OC[C@H]2O[C@H](O[C@H]3[C@H](OCc4ccccc4)[C@@H](OCc4ccccc4)[C@@H]4OC[C@H]3O4)[C@H](OCc3ccccc3)[C@@H](OCc3ccccc3)[C@@H]2O[C@@H]2O[C@H](COC(C)=O)[C@@H](OC(C)=O)[C@H](OC(C)=O)[C@H]2OC(C)=O)[C@H](OC(C)=O)[C@@H](OC(C)=O)[C@@H]1OC(C)=O. The van der Waals surface area contributed by atoms with E-state index in [-0.39, 0.29) is 33.0 Å². The average Bonchev–Trinajstić information content (AvgIpc) is 1.15. The van der Waals surface area contributed by atoms with E-state index in [1.165, 1.54) is 0 Å². The van der Waals surface area contributed by atoms with E-state index in [9.17, 15) is 38.4 Å². The molecule has 5 aliphatic heterocycles. The number of esters is 8. The fraction of sp³-hybridized carbons (Fsp3) is 0.529. The molecule has 4 aromatic rings. The van der Waals surface area contributed by atoms with Gasteiger partial charge in [0.2, 0.25) is 0 Å². The zero-order chi connectivity index (χ0) is 68.4. The van der Waals surface area contributed by atoms with Crippen molar-refractivity contribution in [1.82, 2.24) is 0 Å². The minimum Gasteiger partial charge on any atom is -0.463 e. The molecule has 2 bridgehead atoms. The number of hydrogen-bond acceptors (Lipinski definition) is 28. The van der Waals surface area contributed by atoms with Crippen LogP contribution in [0.15, 0.2) is 121 Å². The molecule has 0 spiro atoms. The van der Waals surface area contributed by atoms with Crippen LogP contribution in [-0.4, -0.2) is 197 Å². The Bertz CT molecular complexity index is 3200. The van der Waals surface area contributed by atoms with Crippen LogP contribution in [0.3, 0.4) is 0 Å². The van der Waals surface area contributed by atoms with Crippen molar-refractivity contribution >= 4 is 47.8 Å². The third-order valence-electron chi connectivity index (χ3n) is 15.7. The Kier molecular flexibility index (Phi) is 26.3. The van der Waals surface area contributed by atoms with Gasteiger partial charge in [0, 0.05) is 55.4 Å². The highest BCUT2D eigenvalue weighted by Gasteiger charge is 2.60. The average molecular weight is 1350 g/mol. The van der Waals surface area contributed by atoms with Crippen LogP contribution in [0, 0.1) is 0 Å². The van der Waals surface area contributed by atoms with Gasteiger partial charge >= 0.3 is 47.8 Å². The summed E-state index contributed by atoms with van der Waals surface area (Å²) in [4.78, 5) is 103. The summed E-state index contributed by atoms with van der Waals surface area (Å²) in [5.74, 6) is -7.06. The molecule has 0 N–H and O–H groups in total. The molecule has 96 heavy (non-hydrogen) atoms. The number of fused-ring (bicyclic) bond motifs is 2. The van der Waals surface area contributed by atoms with E-state index >= 15 is 0 Å². The molecular weight excluding hydrogens is 1260 g/mol. The molecule has 0 unspecified atom stereocenters. The fourth-order valence-corrected chi connectivity index (χ4v) is 11.7. The van der Waals surface area contributed by atoms with E-state index < -0.39 is 190 Å². The second-order valence-electron chi connectivity index (χ2n) is 23.1. The molecule has 0 aromatic heterocycles. The van der Waals surface area contributed by atoms with E-state index in [0.717, 1.165) is 66.5 Å². The Morgan fingerprint density at radius 2 is 0.635 bits per heavy atom. The van der Waals surface area contributed by atoms with Gasteiger partial charge in [0.25, 0.3) is 0 Å². The van der Waals surface area contributed by atoms with Gasteiger partial charge in [-0.2, -0.15) is 0 Å². The monoisotopic (exact) mass is 1340 g/mol. The molecule has 28 nitrogen and oxygen atoms in total. The number of benzene rings is 4. The number of rotatable bonds is 29. The summed E-state index contributed by atoms with van der Waals surface area (Å²) in [5.41, 5.74) is 2.97. The largest absolute Gasteiger partial charge is 0.463 e. The molecule has 5 saturated heterocycles. The minimum absolute atomic E-state index is 0.00793. The van der Waals surface area contributed by atoms with Crippen molar-refractivity contribution in [2.75, 3.05) is 26.4 Å². The fourth-order valence-electron chi connectivity index (χ4n) is 11.7. The van der Waals surface area contributed by atoms with Gasteiger partial charge in [0.15, 0.2) is 61.8 Å². The highest BCUT2D eigenvalue weighted by Crippen LogP contribution is 2.41. The van der Waals surface area contributed by atoms with Crippen LogP contribution in [0.1, 0.15) is 77.6 Å². The van der Waals surface area contributed by atoms with Gasteiger partial charge in [0.05, 0.1) is 39.6 Å². The molecule has 28 heteroatoms. The minimum atomic E-state index is -1.92. The zero-order valence-corrected chi connectivity index (χ0v) is 54.2. The van der Waals surface area contributed by atoms with Crippen LogP contribution in [-0.2, 0) is 160 Å². The van der Waals surface area contributed by atoms with Crippen molar-refractivity contribution in [2.45, 2.75) is 205 Å². The topological polar surface area (TPSA) is 321 Å². The Balaban J connectivity index is 1.21. The third-order valence-corrected chi connectivity index (χ3v) is 15.7. The quantitative estimate of drug-likeness (QED) is 0.0522. The first-order chi connectivity index (χ1) is 46.2. The molecule has 4 aromatic carbocycles. The Hall–Kier alpha value is -7.84. The van der Waals surface area contributed by atoms with Gasteiger partial charge in [-0.25, -0.2) is 0 Å². The lowest BCUT2D eigenvalue weighted by Gasteiger charge is -2.51. The molecule has 5 heterocycles. The second-order valence-corrected chi connectivity index (χ2v) is 23.1. The molecule has 5 aliphatic rings. The van der Waals surface area contributed by atoms with Gasteiger partial charge in [-0.1, -0.05) is 121 Å². The van der Waals surface area contributed by atoms with Crippen molar-refractivity contribution < 1.29 is 133 Å². The Labute approximate surface area is 553 Å². The van der Waals surface area contributed by atoms with Gasteiger partial charge in [-0.3, -0.25) is 38.4 Å². The Morgan fingerprint density at radius 3 is 1.04 bits per heavy atom. The molecule has 0 aliphatic carbocycles. The maximum atomic E-state index is 13.4. The molecule has 0 radical (unpaired) electrons. The van der Waals surface area contributed by atoms with Crippen LogP contribution in [0.2, 0.25) is 0 Å². The van der Waals surface area contributed by atoms with Crippen molar-refractivity contribution in [3.05, 3.63) is 144 Å². The molecular formula is C68H80O28. The van der Waals surface area contributed by atoms with Crippen LogP contribution < -0.4 is 0 Å². The summed E-state index contributed by atoms with van der Waals surface area (Å²) < 4.78 is 128. The molecule has 0 saturated carbocycles. The molecule has 20 atom stereocenters. The number of ether oxygens (including phenoxy) is 20. The number of carbonyl (C=O) groups excluding carboxylic acids is 8. The van der Waals surface area contributed by atoms with Gasteiger partial charge in [-0.05, 0) is 22.3 Å². The van der Waals surface area contributed by atoms with E-state index in [1.807, 2.05) is 97.1 Å². The maximum Gasteiger partial charge on any atom is 0.303 e. The van der Waals surface area contributed by atoms with Gasteiger partial charge < -0.3 is 94.7 Å². The zero-order valence-electron chi connectivity index (χ0n) is 54.2. The molecule has 0 amide bonds. The molecule has 5 fully saturated rings. The predicted molar refractivity (Wildman–Crippen MR) is 323 cm³/mol. The van der Waals surface area contributed by atoms with Gasteiger partial charge in [0.1, 0.15) is 74.3 Å². The first-order valence-electron chi connectivity index (χ1n) is 31.3. The smallest absolute Gasteiger partial charge is 0.303 e. The highest BCUT2D eigenvalue weighted by molar-refractivity contribution is 5.70. The first-order valence-corrected chi connectivity index (χ1v) is 31.3. The molecule has 9 rings (SSSR count). The van der Waals surface area contributed by atoms with Crippen molar-refractivity contribution in [3.63, 3.8) is 0 Å². The maximum absolute atomic E-state index is 13.4. The van der Waals surface area contributed by atoms with Crippen molar-refractivity contribution in [3.8, 4) is 0 Å². The summed E-state index contributed by atoms with van der Waals surface area (Å²) in [6.07, 6.45) is -29.5. The standard InChI is InChI=1S/C68H80O28/c1-37(69)77-33-49-55(85-39(3)71)59(87-41(5)73)63(89-43(7)75)66(92-49)84-36-52-54(96-68-64(90-44(8)76)60(88-42(6)74)56(86-40(4)72)50(94-68)34-78-38(2)70)58(80-30-46-23-15-10-16-24-46)62(82-32-48-27-19-12-20-28-48)67(93-52)95-53-51-35-83-65(91-51)61(81-31-47-25-17-11-18-26-47)57(53)79-29-45-21-13-9-14-22-45/h9-28,49-68H,29-36H2,1-8H3/t49-,50-,51-,52-,53-,54-,55-,56-,57+,58+,59+,60+,61-,62-,63-,64-,65-,66-,67-,68+/m1/s1. The van der Waals surface area contributed by atoms with E-state index in [4.69, 9.17) is 94.7 Å². The van der Waals surface area contributed by atoms with Crippen LogP contribution in [0.5, 0.6) is 0 Å². The lowest BCUT2D eigenvalue weighted by atomic mass is 9.95. The van der Waals surface area contributed by atoms with Gasteiger partial charge in [-0.15, -0.1) is 0 Å². The Morgan fingerprint density at radius 1 is 0.312 bits per heavy atom. The first kappa shape index (κ1) is 72.4. The van der Waals surface area contributed by atoms with Crippen molar-refractivity contribution in [1.29, 1.82) is 0 Å². The lowest BCUT2D eigenvalue weighted by Crippen LogP contribution is -2.68. The summed E-state index contributed by atoms with van der Waals surface area (Å²) >= 11 is 0. The number of carbonyl (C=O) groups is 8. The predicted octanol–water partition coefficient (Wildman–Crippen LogP) is 4.76. The number of hydrogen-bond donors (Lipinski definition) is 0. The van der Waals surface area contributed by atoms with Crippen LogP contribution in [0.4, 0.5) is 0 Å². The van der Waals surface area contributed by atoms with E-state index in [1.54, 1.807) is 24.3 Å². The lowest BCUT2D eigenvalue weighted by molar-refractivity contribution is -0.387. The summed E-state index contributed by atoms with van der Waals surface area (Å²) in [6.45, 7) is 6.46. The van der Waals surface area contributed by atoms with Crippen molar-refractivity contribution in [2.24, 2.45) is 0 Å². The second kappa shape index (κ2) is 34.9. The normalized spacial score (nSPS) is 30.8. The summed E-state index contributed by atoms with van der Waals surface area (Å²) in [7, 11) is 0. The highest BCUT2D eigenvalue weighted by atomic mass is 16.8. The van der Waals surface area contributed by atoms with Crippen LogP contribution >= 0.6 is 0 Å². The summed E-state index contributed by atoms with van der Waals surface area (Å²) in [5, 5.41) is 0.